The number of carbonyl (C=O) groups is 1. The van der Waals surface area contributed by atoms with Gasteiger partial charge in [0, 0.05) is 23.4 Å². The smallest absolute Gasteiger partial charge is 0.328 e. The fourth-order valence-electron chi connectivity index (χ4n) is 4.51. The maximum atomic E-state index is 14.5. The number of anilines is 1. The van der Waals surface area contributed by atoms with Crippen molar-refractivity contribution in [3.8, 4) is 0 Å². The van der Waals surface area contributed by atoms with Gasteiger partial charge >= 0.3 is 5.97 Å². The minimum Gasteiger partial charge on any atom is -0.478 e. The van der Waals surface area contributed by atoms with Crippen LogP contribution < -0.4 is 10.9 Å². The minimum atomic E-state index is -1.35. The number of pyridine rings is 1. The van der Waals surface area contributed by atoms with Gasteiger partial charge in [0.2, 0.25) is 0 Å². The Labute approximate surface area is 206 Å². The van der Waals surface area contributed by atoms with Crippen molar-refractivity contribution in [3.63, 3.8) is 0 Å². The van der Waals surface area contributed by atoms with E-state index in [-0.39, 0.29) is 5.92 Å². The summed E-state index contributed by atoms with van der Waals surface area (Å²) >= 11 is 6.55. The number of hydrogen-bond donors (Lipinski definition) is 3. The van der Waals surface area contributed by atoms with Gasteiger partial charge in [0.05, 0.1) is 16.4 Å². The number of fused-ring (bicyclic) bond motifs is 1. The standard InChI is InChI=1S/C27H22ClF2N3O2/c28-22-13-18(29)6-9-20(22)26(15-2-1-3-15)25(16-5-10-23-21(12-16)27(30)33-32-23)17-4-7-19(31-14-17)8-11-24(34)35/h4-15,27,32-33H,1-3H2,(H,34,35)/b11-8+,26-25-. The number of allylic oxidation sites excluding steroid dienone is 1. The van der Waals surface area contributed by atoms with Crippen molar-refractivity contribution in [1.29, 1.82) is 0 Å². The van der Waals surface area contributed by atoms with Crippen LogP contribution in [0.2, 0.25) is 5.02 Å². The molecule has 3 aromatic rings. The van der Waals surface area contributed by atoms with Gasteiger partial charge in [0.15, 0.2) is 6.30 Å². The molecule has 0 radical (unpaired) electrons. The van der Waals surface area contributed by atoms with E-state index in [9.17, 15) is 13.6 Å². The lowest BCUT2D eigenvalue weighted by atomic mass is 9.73. The Morgan fingerprint density at radius 2 is 1.91 bits per heavy atom. The third-order valence-corrected chi connectivity index (χ3v) is 6.74. The second kappa shape index (κ2) is 9.60. The normalized spacial score (nSPS) is 18.1. The molecule has 0 saturated heterocycles. The average Bonchev–Trinajstić information content (AvgIpc) is 3.17. The molecule has 5 rings (SSSR count). The van der Waals surface area contributed by atoms with Crippen molar-refractivity contribution >= 4 is 40.5 Å². The fourth-order valence-corrected chi connectivity index (χ4v) is 4.78. The Kier molecular flexibility index (Phi) is 6.36. The molecule has 1 unspecified atom stereocenters. The van der Waals surface area contributed by atoms with Gasteiger partial charge in [-0.3, -0.25) is 4.98 Å². The summed E-state index contributed by atoms with van der Waals surface area (Å²) in [5.74, 6) is -1.28. The van der Waals surface area contributed by atoms with Gasteiger partial charge in [-0.05, 0) is 77.4 Å². The number of hydrogen-bond acceptors (Lipinski definition) is 4. The molecule has 0 spiro atoms. The summed E-state index contributed by atoms with van der Waals surface area (Å²) in [5.41, 5.74) is 11.2. The molecular weight excluding hydrogens is 472 g/mol. The molecule has 35 heavy (non-hydrogen) atoms. The summed E-state index contributed by atoms with van der Waals surface area (Å²) in [6.45, 7) is 0. The van der Waals surface area contributed by atoms with E-state index in [0.717, 1.165) is 53.2 Å². The van der Waals surface area contributed by atoms with E-state index in [1.807, 2.05) is 18.2 Å². The first-order valence-electron chi connectivity index (χ1n) is 11.3. The third-order valence-electron chi connectivity index (χ3n) is 6.42. The number of halogens is 3. The monoisotopic (exact) mass is 493 g/mol. The maximum Gasteiger partial charge on any atom is 0.328 e. The molecule has 1 aromatic heterocycles. The molecule has 3 N–H and O–H groups in total. The molecule has 178 valence electrons. The summed E-state index contributed by atoms with van der Waals surface area (Å²) in [6.07, 6.45) is 5.75. The highest BCUT2D eigenvalue weighted by Gasteiger charge is 2.30. The largest absolute Gasteiger partial charge is 0.478 e. The number of rotatable bonds is 6. The van der Waals surface area contributed by atoms with Crippen molar-refractivity contribution in [2.75, 3.05) is 5.43 Å². The highest BCUT2D eigenvalue weighted by Crippen LogP contribution is 2.47. The second-order valence-corrected chi connectivity index (χ2v) is 9.03. The Bertz CT molecular complexity index is 1350. The van der Waals surface area contributed by atoms with Crippen LogP contribution in [0.3, 0.4) is 0 Å². The summed E-state index contributed by atoms with van der Waals surface area (Å²) in [6, 6.07) is 13.5. The minimum absolute atomic E-state index is 0.199. The van der Waals surface area contributed by atoms with Gasteiger partial charge in [-0.25, -0.2) is 19.0 Å². The zero-order chi connectivity index (χ0) is 24.5. The molecule has 5 nitrogen and oxygen atoms in total. The summed E-state index contributed by atoms with van der Waals surface area (Å²) in [4.78, 5) is 15.3. The number of carboxylic acids is 1. The maximum absolute atomic E-state index is 14.5. The predicted octanol–water partition coefficient (Wildman–Crippen LogP) is 6.63. The molecule has 1 aliphatic heterocycles. The van der Waals surface area contributed by atoms with Crippen LogP contribution >= 0.6 is 11.6 Å². The van der Waals surface area contributed by atoms with Crippen LogP contribution in [0.15, 0.2) is 60.8 Å². The summed E-state index contributed by atoms with van der Waals surface area (Å²) < 4.78 is 28.4. The predicted molar refractivity (Wildman–Crippen MR) is 133 cm³/mol. The van der Waals surface area contributed by atoms with Crippen LogP contribution in [0.4, 0.5) is 14.5 Å². The highest BCUT2D eigenvalue weighted by molar-refractivity contribution is 6.32. The molecule has 0 amide bonds. The lowest BCUT2D eigenvalue weighted by molar-refractivity contribution is -0.131. The lowest BCUT2D eigenvalue weighted by Crippen LogP contribution is -2.15. The number of nitrogens with zero attached hydrogens (tertiary/aromatic N) is 1. The summed E-state index contributed by atoms with van der Waals surface area (Å²) in [5, 5.41) is 9.21. The molecule has 1 atom stereocenters. The Hall–Kier alpha value is -3.55. The molecular formula is C27H22ClF2N3O2. The van der Waals surface area contributed by atoms with Crippen LogP contribution in [0.5, 0.6) is 0 Å². The van der Waals surface area contributed by atoms with Gasteiger partial charge in [-0.1, -0.05) is 36.2 Å². The number of carboxylic acid groups (broad SMARTS) is 1. The summed E-state index contributed by atoms with van der Waals surface area (Å²) in [7, 11) is 0. The van der Waals surface area contributed by atoms with Gasteiger partial charge in [0.1, 0.15) is 5.82 Å². The molecule has 0 bridgehead atoms. The highest BCUT2D eigenvalue weighted by atomic mass is 35.5. The molecule has 8 heteroatoms. The van der Waals surface area contributed by atoms with Gasteiger partial charge in [0.25, 0.3) is 0 Å². The van der Waals surface area contributed by atoms with Crippen molar-refractivity contribution < 1.29 is 18.7 Å². The zero-order valence-corrected chi connectivity index (χ0v) is 19.3. The number of aromatic nitrogens is 1. The zero-order valence-electron chi connectivity index (χ0n) is 18.6. The van der Waals surface area contributed by atoms with Gasteiger partial charge in [-0.2, -0.15) is 0 Å². The number of alkyl halides is 1. The van der Waals surface area contributed by atoms with E-state index in [1.165, 1.54) is 18.2 Å². The quantitative estimate of drug-likeness (QED) is 0.204. The van der Waals surface area contributed by atoms with Crippen LogP contribution in [-0.2, 0) is 4.79 Å². The Morgan fingerprint density at radius 3 is 2.57 bits per heavy atom. The van der Waals surface area contributed by atoms with Crippen LogP contribution in [0, 0.1) is 11.7 Å². The molecule has 1 fully saturated rings. The van der Waals surface area contributed by atoms with Gasteiger partial charge < -0.3 is 10.5 Å². The molecule has 2 aliphatic rings. The molecule has 2 heterocycles. The third kappa shape index (κ3) is 4.70. The fraction of sp³-hybridized carbons (Fsp3) is 0.185. The van der Waals surface area contributed by atoms with Crippen LogP contribution in [-0.4, -0.2) is 16.1 Å². The van der Waals surface area contributed by atoms with E-state index in [1.54, 1.807) is 24.4 Å². The number of nitrogens with one attached hydrogen (secondary N) is 2. The Morgan fingerprint density at radius 1 is 1.11 bits per heavy atom. The SMILES string of the molecule is O=C(O)/C=C/c1ccc(/C(=C(\c2ccc(F)cc2Cl)C2CCC2)c2ccc3c(c2)C(F)NN3)cn1. The first-order chi connectivity index (χ1) is 16.9. The number of benzene rings is 2. The molecule has 2 aromatic carbocycles. The first kappa shape index (κ1) is 23.2. The average molecular weight is 494 g/mol. The first-order valence-corrected chi connectivity index (χ1v) is 11.7. The van der Waals surface area contributed by atoms with Gasteiger partial charge in [-0.15, -0.1) is 0 Å². The van der Waals surface area contributed by atoms with E-state index in [2.05, 4.69) is 15.8 Å². The second-order valence-electron chi connectivity index (χ2n) is 8.62. The van der Waals surface area contributed by atoms with E-state index >= 15 is 0 Å². The van der Waals surface area contributed by atoms with Crippen LogP contribution in [0.25, 0.3) is 17.2 Å². The topological polar surface area (TPSA) is 74.2 Å². The van der Waals surface area contributed by atoms with E-state index < -0.39 is 18.1 Å². The molecule has 1 saturated carbocycles. The number of hydrazine groups is 1. The van der Waals surface area contributed by atoms with E-state index in [0.29, 0.717) is 22.0 Å². The Balaban J connectivity index is 1.73. The molecule has 1 aliphatic carbocycles. The van der Waals surface area contributed by atoms with Crippen molar-refractivity contribution in [3.05, 3.63) is 99.6 Å². The van der Waals surface area contributed by atoms with Crippen molar-refractivity contribution in [2.24, 2.45) is 5.92 Å². The number of aliphatic carboxylic acids is 1. The lowest BCUT2D eigenvalue weighted by Gasteiger charge is -2.32. The van der Waals surface area contributed by atoms with Crippen molar-refractivity contribution in [2.45, 2.75) is 25.6 Å². The van der Waals surface area contributed by atoms with E-state index in [4.69, 9.17) is 16.7 Å². The van der Waals surface area contributed by atoms with Crippen LogP contribution in [0.1, 0.15) is 53.5 Å². The van der Waals surface area contributed by atoms with Crippen molar-refractivity contribution in [1.82, 2.24) is 10.4 Å².